The van der Waals surface area contributed by atoms with E-state index in [0.29, 0.717) is 86.0 Å². The van der Waals surface area contributed by atoms with Crippen molar-refractivity contribution in [1.82, 2.24) is 9.80 Å². The third kappa shape index (κ3) is 9.39. The zero-order valence-corrected chi connectivity index (χ0v) is 37.5. The van der Waals surface area contributed by atoms with Crippen molar-refractivity contribution in [2.75, 3.05) is 113 Å². The molecular weight excluding hydrogens is 813 g/mol. The number of nitrogens with one attached hydrogen (secondary N) is 1. The van der Waals surface area contributed by atoms with Crippen LogP contribution in [-0.4, -0.2) is 122 Å². The maximum atomic E-state index is 13.2. The number of sulfonamides is 2. The number of benzene rings is 4. The van der Waals surface area contributed by atoms with E-state index in [9.17, 15) is 26.4 Å². The normalized spacial score (nSPS) is 18.5. The molecule has 4 fully saturated rings. The Bertz CT molecular complexity index is 2520. The molecule has 2 amide bonds. The smallest absolute Gasteiger partial charge is 0.256 e. The molecule has 0 aliphatic carbocycles. The molecule has 4 aromatic carbocycles. The molecule has 4 saturated heterocycles. The number of nitrogens with two attached hydrogens (primary N) is 1. The van der Waals surface area contributed by atoms with Crippen LogP contribution in [0.5, 0.6) is 0 Å². The largest absolute Gasteiger partial charge is 0.398 e. The van der Waals surface area contributed by atoms with Gasteiger partial charge in [0.25, 0.3) is 11.8 Å². The van der Waals surface area contributed by atoms with E-state index in [1.165, 1.54) is 42.2 Å². The SMILES string of the molecule is CNc1cc(N2CCCS2(=O)=O)ccc1C(=O)N1CCN(c2ccc(C)cc2C)CC1.Cc1ccc(N2CCN(C(=O)c3ccc(N4CCCS4(=O)=O)cc3N)CC2)c(C)c1. The molecule has 0 atom stereocenters. The first-order valence-corrected chi connectivity index (χ1v) is 24.2. The predicted octanol–water partition coefficient (Wildman–Crippen LogP) is 5.24. The van der Waals surface area contributed by atoms with Gasteiger partial charge in [0.15, 0.2) is 0 Å². The van der Waals surface area contributed by atoms with Crippen molar-refractivity contribution in [2.24, 2.45) is 0 Å². The second-order valence-corrected chi connectivity index (χ2v) is 20.4. The first-order valence-electron chi connectivity index (χ1n) is 21.0. The topological polar surface area (TPSA) is 160 Å². The number of piperazine rings is 2. The highest BCUT2D eigenvalue weighted by atomic mass is 32.2. The summed E-state index contributed by atoms with van der Waals surface area (Å²) in [5, 5.41) is 3.07. The van der Waals surface area contributed by atoms with Gasteiger partial charge >= 0.3 is 0 Å². The minimum Gasteiger partial charge on any atom is -0.398 e. The second-order valence-electron chi connectivity index (χ2n) is 16.4. The van der Waals surface area contributed by atoms with Crippen LogP contribution >= 0.6 is 0 Å². The van der Waals surface area contributed by atoms with E-state index < -0.39 is 20.0 Å². The number of carbonyl (C=O) groups excluding carboxylic acids is 2. The molecule has 0 spiro atoms. The minimum atomic E-state index is -3.27. The van der Waals surface area contributed by atoms with Gasteiger partial charge in [-0.05, 0) is 100 Å². The lowest BCUT2D eigenvalue weighted by Gasteiger charge is -2.37. The van der Waals surface area contributed by atoms with E-state index >= 15 is 0 Å². The lowest BCUT2D eigenvalue weighted by atomic mass is 10.1. The summed E-state index contributed by atoms with van der Waals surface area (Å²) < 4.78 is 51.6. The van der Waals surface area contributed by atoms with Gasteiger partial charge in [-0.25, -0.2) is 16.8 Å². The molecule has 0 aromatic heterocycles. The van der Waals surface area contributed by atoms with Gasteiger partial charge < -0.3 is 30.7 Å². The molecule has 4 aliphatic rings. The Balaban J connectivity index is 0.000000184. The van der Waals surface area contributed by atoms with Crippen molar-refractivity contribution >= 4 is 66.0 Å². The van der Waals surface area contributed by atoms with Gasteiger partial charge in [0, 0.05) is 95.2 Å². The average molecular weight is 871 g/mol. The number of hydrogen-bond donors (Lipinski definition) is 2. The van der Waals surface area contributed by atoms with E-state index in [2.05, 4.69) is 79.2 Å². The van der Waals surface area contributed by atoms with Gasteiger partial charge in [-0.15, -0.1) is 0 Å². The molecule has 0 radical (unpaired) electrons. The van der Waals surface area contributed by atoms with Crippen LogP contribution in [0, 0.1) is 27.7 Å². The standard InChI is InChI=1S/C23H30N4O3S.C22H28N4O3S/c1-17-5-8-22(18(2)15-17)25-10-12-26(13-11-25)23(28)20-7-6-19(16-21(20)24-3)27-9-4-14-31(27,29)30;1-16-4-7-21(17(2)14-16)24-9-11-25(12-10-24)22(27)19-6-5-18(15-20(19)23)26-8-3-13-30(26,28)29/h5-8,15-16,24H,4,9-14H2,1-3H3;4-7,14-15H,3,8-13,23H2,1-2H3. The van der Waals surface area contributed by atoms with Crippen LogP contribution in [0.2, 0.25) is 0 Å². The van der Waals surface area contributed by atoms with Crippen LogP contribution in [0.25, 0.3) is 0 Å². The summed E-state index contributed by atoms with van der Waals surface area (Å²) in [6, 6.07) is 23.1. The molecule has 8 rings (SSSR count). The van der Waals surface area contributed by atoms with Crippen LogP contribution in [-0.2, 0) is 20.0 Å². The summed E-state index contributed by atoms with van der Waals surface area (Å²) in [6.07, 6.45) is 1.23. The van der Waals surface area contributed by atoms with Gasteiger partial charge in [0.1, 0.15) is 0 Å². The number of carbonyl (C=O) groups is 2. The van der Waals surface area contributed by atoms with Gasteiger partial charge in [-0.3, -0.25) is 18.2 Å². The maximum Gasteiger partial charge on any atom is 0.256 e. The molecule has 0 unspecified atom stereocenters. The Morgan fingerprint density at radius 1 is 0.541 bits per heavy atom. The molecule has 326 valence electrons. The third-order valence-corrected chi connectivity index (χ3v) is 15.8. The number of nitrogens with zero attached hydrogens (tertiary/aromatic N) is 6. The Morgan fingerprint density at radius 3 is 1.36 bits per heavy atom. The Hall–Kier alpha value is -5.48. The molecule has 3 N–H and O–H groups in total. The Labute approximate surface area is 361 Å². The third-order valence-electron chi connectivity index (χ3n) is 12.1. The van der Waals surface area contributed by atoms with Crippen molar-refractivity contribution in [3.8, 4) is 0 Å². The zero-order valence-electron chi connectivity index (χ0n) is 35.9. The van der Waals surface area contributed by atoms with E-state index in [1.54, 1.807) is 43.4 Å². The van der Waals surface area contributed by atoms with Crippen LogP contribution in [0.15, 0.2) is 72.8 Å². The molecule has 0 bridgehead atoms. The summed E-state index contributed by atoms with van der Waals surface area (Å²) >= 11 is 0. The predicted molar refractivity (Wildman–Crippen MR) is 246 cm³/mol. The van der Waals surface area contributed by atoms with E-state index in [-0.39, 0.29) is 23.3 Å². The van der Waals surface area contributed by atoms with Crippen molar-refractivity contribution < 1.29 is 26.4 Å². The zero-order chi connectivity index (χ0) is 43.6. The summed E-state index contributed by atoms with van der Waals surface area (Å²) in [6.45, 7) is 15.0. The van der Waals surface area contributed by atoms with E-state index in [0.717, 1.165) is 26.2 Å². The summed E-state index contributed by atoms with van der Waals surface area (Å²) in [4.78, 5) is 34.6. The molecule has 14 nitrogen and oxygen atoms in total. The van der Waals surface area contributed by atoms with Crippen molar-refractivity contribution in [3.05, 3.63) is 106 Å². The fourth-order valence-electron chi connectivity index (χ4n) is 8.80. The number of nitrogen functional groups attached to an aromatic ring is 1. The molecule has 16 heteroatoms. The highest BCUT2D eigenvalue weighted by Gasteiger charge is 2.32. The lowest BCUT2D eigenvalue weighted by molar-refractivity contribution is 0.0740. The van der Waals surface area contributed by atoms with Gasteiger partial charge in [-0.1, -0.05) is 35.4 Å². The molecule has 61 heavy (non-hydrogen) atoms. The van der Waals surface area contributed by atoms with Gasteiger partial charge in [0.05, 0.1) is 34.0 Å². The Kier molecular flexibility index (Phi) is 12.8. The number of aryl methyl sites for hydroxylation is 4. The second kappa shape index (κ2) is 17.9. The fourth-order valence-corrected chi connectivity index (χ4v) is 11.9. The van der Waals surface area contributed by atoms with Crippen molar-refractivity contribution in [3.63, 3.8) is 0 Å². The first-order chi connectivity index (χ1) is 29.1. The van der Waals surface area contributed by atoms with Gasteiger partial charge in [0.2, 0.25) is 20.0 Å². The number of anilines is 6. The molecule has 4 aliphatic heterocycles. The van der Waals surface area contributed by atoms with E-state index in [4.69, 9.17) is 5.73 Å². The molecule has 4 aromatic rings. The molecule has 4 heterocycles. The molecule has 0 saturated carbocycles. The van der Waals surface area contributed by atoms with Crippen LogP contribution in [0.4, 0.5) is 34.1 Å². The lowest BCUT2D eigenvalue weighted by Crippen LogP contribution is -2.49. The summed E-state index contributed by atoms with van der Waals surface area (Å²) in [5.74, 6) is 0.190. The average Bonchev–Trinajstić information content (AvgIpc) is 3.79. The Morgan fingerprint density at radius 2 is 0.967 bits per heavy atom. The quantitative estimate of drug-likeness (QED) is 0.236. The number of amides is 2. The first kappa shape index (κ1) is 43.6. The van der Waals surface area contributed by atoms with Gasteiger partial charge in [-0.2, -0.15) is 0 Å². The maximum absolute atomic E-state index is 13.2. The van der Waals surface area contributed by atoms with E-state index in [1.807, 2.05) is 9.80 Å². The summed E-state index contributed by atoms with van der Waals surface area (Å²) in [5.41, 5.74) is 16.7. The monoisotopic (exact) mass is 870 g/mol. The molecular formula is C45H58N8O6S2. The van der Waals surface area contributed by atoms with Crippen molar-refractivity contribution in [2.45, 2.75) is 40.5 Å². The number of rotatable bonds is 7. The fraction of sp³-hybridized carbons (Fsp3) is 0.422. The van der Waals surface area contributed by atoms with Crippen LogP contribution in [0.1, 0.15) is 55.8 Å². The number of hydrogen-bond acceptors (Lipinski definition) is 10. The summed E-state index contributed by atoms with van der Waals surface area (Å²) in [7, 11) is -4.77. The van der Waals surface area contributed by atoms with Crippen LogP contribution in [0.3, 0.4) is 0 Å². The minimum absolute atomic E-state index is 0.0274. The highest BCUT2D eigenvalue weighted by Crippen LogP contribution is 2.32. The van der Waals surface area contributed by atoms with Crippen LogP contribution < -0.4 is 29.5 Å². The highest BCUT2D eigenvalue weighted by molar-refractivity contribution is 7.93. The van der Waals surface area contributed by atoms with Crippen molar-refractivity contribution in [1.29, 1.82) is 0 Å².